The molecule has 5 heteroatoms. The predicted octanol–water partition coefficient (Wildman–Crippen LogP) is 0.696. The molecule has 3 rings (SSSR count). The Morgan fingerprint density at radius 1 is 1.05 bits per heavy atom. The standard InChI is InChI=1S/C16H30N4O/c1-10-5-4-7-12(17)15-18-9-14(19-15)11-6-2-3-8-13(11)20-16(10)21/h10-15,18-19H,2-9,17H2,1H3,(H,20,21)/t10-,11?,12+,13?,14?,15?/m1/s1. The lowest BCUT2D eigenvalue weighted by Gasteiger charge is -2.37. The van der Waals surface area contributed by atoms with E-state index in [0.29, 0.717) is 18.0 Å². The Morgan fingerprint density at radius 3 is 2.71 bits per heavy atom. The minimum Gasteiger partial charge on any atom is -0.353 e. The lowest BCUT2D eigenvalue weighted by atomic mass is 9.79. The van der Waals surface area contributed by atoms with Gasteiger partial charge in [0.05, 0.1) is 6.17 Å². The van der Waals surface area contributed by atoms with E-state index in [0.717, 1.165) is 32.2 Å². The molecule has 0 aromatic heterocycles. The van der Waals surface area contributed by atoms with Crippen molar-refractivity contribution in [3.8, 4) is 0 Å². The molecule has 21 heavy (non-hydrogen) atoms. The first-order chi connectivity index (χ1) is 10.1. The second-order valence-corrected chi connectivity index (χ2v) is 7.22. The average Bonchev–Trinajstić information content (AvgIpc) is 2.96. The molecule has 1 amide bonds. The highest BCUT2D eigenvalue weighted by Crippen LogP contribution is 2.29. The number of rotatable bonds is 0. The summed E-state index contributed by atoms with van der Waals surface area (Å²) in [6.45, 7) is 3.03. The maximum absolute atomic E-state index is 12.4. The maximum Gasteiger partial charge on any atom is 0.223 e. The van der Waals surface area contributed by atoms with Crippen LogP contribution in [0.2, 0.25) is 0 Å². The van der Waals surface area contributed by atoms with Crippen LogP contribution in [0.4, 0.5) is 0 Å². The second kappa shape index (κ2) is 6.63. The van der Waals surface area contributed by atoms with E-state index >= 15 is 0 Å². The first kappa shape index (κ1) is 15.3. The molecular formula is C16H30N4O. The van der Waals surface area contributed by atoms with Crippen molar-refractivity contribution in [2.45, 2.75) is 76.2 Å². The molecule has 2 aliphatic heterocycles. The van der Waals surface area contributed by atoms with Crippen LogP contribution in [0, 0.1) is 11.8 Å². The number of hydrogen-bond acceptors (Lipinski definition) is 4. The number of carbonyl (C=O) groups is 1. The summed E-state index contributed by atoms with van der Waals surface area (Å²) in [5, 5.41) is 10.6. The fourth-order valence-electron chi connectivity index (χ4n) is 4.26. The molecule has 4 unspecified atom stereocenters. The van der Waals surface area contributed by atoms with Gasteiger partial charge in [0, 0.05) is 30.6 Å². The molecular weight excluding hydrogens is 264 g/mol. The van der Waals surface area contributed by atoms with Crippen LogP contribution >= 0.6 is 0 Å². The van der Waals surface area contributed by atoms with Crippen molar-refractivity contribution in [2.75, 3.05) is 6.54 Å². The quantitative estimate of drug-likeness (QED) is 0.530. The number of carbonyl (C=O) groups excluding carboxylic acids is 1. The van der Waals surface area contributed by atoms with E-state index in [4.69, 9.17) is 5.73 Å². The van der Waals surface area contributed by atoms with E-state index in [-0.39, 0.29) is 24.0 Å². The number of amides is 1. The molecule has 0 aromatic rings. The van der Waals surface area contributed by atoms with Crippen LogP contribution < -0.4 is 21.7 Å². The van der Waals surface area contributed by atoms with Crippen molar-refractivity contribution in [1.29, 1.82) is 0 Å². The number of nitrogens with two attached hydrogens (primary N) is 1. The van der Waals surface area contributed by atoms with Gasteiger partial charge in [0.15, 0.2) is 0 Å². The zero-order chi connectivity index (χ0) is 14.8. The summed E-state index contributed by atoms with van der Waals surface area (Å²) in [7, 11) is 0. The smallest absolute Gasteiger partial charge is 0.223 e. The first-order valence-corrected chi connectivity index (χ1v) is 8.70. The van der Waals surface area contributed by atoms with Gasteiger partial charge in [0.25, 0.3) is 0 Å². The highest BCUT2D eigenvalue weighted by Gasteiger charge is 2.38. The van der Waals surface area contributed by atoms with Crippen LogP contribution in [-0.4, -0.2) is 36.7 Å². The SMILES string of the molecule is C[C@@H]1CCC[C@H](N)C2NCC(N2)C2CCCCC2NC1=O. The Labute approximate surface area is 127 Å². The monoisotopic (exact) mass is 294 g/mol. The third kappa shape index (κ3) is 3.41. The van der Waals surface area contributed by atoms with E-state index < -0.39 is 0 Å². The van der Waals surface area contributed by atoms with Crippen LogP contribution in [0.25, 0.3) is 0 Å². The minimum absolute atomic E-state index is 0.109. The van der Waals surface area contributed by atoms with Gasteiger partial charge in [-0.05, 0) is 31.6 Å². The Morgan fingerprint density at radius 2 is 1.86 bits per heavy atom. The molecule has 5 nitrogen and oxygen atoms in total. The van der Waals surface area contributed by atoms with Gasteiger partial charge in [0.2, 0.25) is 5.91 Å². The van der Waals surface area contributed by atoms with Crippen molar-refractivity contribution in [1.82, 2.24) is 16.0 Å². The van der Waals surface area contributed by atoms with Gasteiger partial charge in [-0.25, -0.2) is 0 Å². The summed E-state index contributed by atoms with van der Waals surface area (Å²) in [5.74, 6) is 0.889. The molecule has 3 fully saturated rings. The molecule has 120 valence electrons. The van der Waals surface area contributed by atoms with Gasteiger partial charge in [-0.15, -0.1) is 0 Å². The van der Waals surface area contributed by atoms with Gasteiger partial charge >= 0.3 is 0 Å². The van der Waals surface area contributed by atoms with E-state index in [2.05, 4.69) is 22.9 Å². The molecule has 0 radical (unpaired) electrons. The summed E-state index contributed by atoms with van der Waals surface area (Å²) < 4.78 is 0. The van der Waals surface area contributed by atoms with Crippen molar-refractivity contribution in [2.24, 2.45) is 17.6 Å². The van der Waals surface area contributed by atoms with E-state index in [1.54, 1.807) is 0 Å². The summed E-state index contributed by atoms with van der Waals surface area (Å²) >= 11 is 0. The van der Waals surface area contributed by atoms with Crippen LogP contribution in [0.1, 0.15) is 51.9 Å². The van der Waals surface area contributed by atoms with Crippen LogP contribution in [0.3, 0.4) is 0 Å². The molecule has 1 aliphatic carbocycles. The minimum atomic E-state index is 0.109. The van der Waals surface area contributed by atoms with E-state index in [9.17, 15) is 4.79 Å². The summed E-state index contributed by atoms with van der Waals surface area (Å²) in [4.78, 5) is 12.4. The molecule has 0 aromatic carbocycles. The third-order valence-electron chi connectivity index (χ3n) is 5.67. The van der Waals surface area contributed by atoms with Gasteiger partial charge in [-0.3, -0.25) is 15.4 Å². The molecule has 2 heterocycles. The maximum atomic E-state index is 12.4. The fraction of sp³-hybridized carbons (Fsp3) is 0.938. The van der Waals surface area contributed by atoms with Crippen LogP contribution in [-0.2, 0) is 4.79 Å². The van der Waals surface area contributed by atoms with Gasteiger partial charge in [-0.2, -0.15) is 0 Å². The number of hydrogen-bond donors (Lipinski definition) is 4. The highest BCUT2D eigenvalue weighted by atomic mass is 16.1. The topological polar surface area (TPSA) is 79.2 Å². The van der Waals surface area contributed by atoms with Crippen molar-refractivity contribution < 1.29 is 4.79 Å². The number of nitrogens with one attached hydrogen (secondary N) is 3. The predicted molar refractivity (Wildman–Crippen MR) is 83.6 cm³/mol. The highest BCUT2D eigenvalue weighted by molar-refractivity contribution is 5.78. The van der Waals surface area contributed by atoms with Crippen molar-refractivity contribution >= 4 is 5.91 Å². The van der Waals surface area contributed by atoms with E-state index in [1.807, 2.05) is 0 Å². The van der Waals surface area contributed by atoms with Gasteiger partial charge < -0.3 is 11.1 Å². The van der Waals surface area contributed by atoms with E-state index in [1.165, 1.54) is 19.3 Å². The fourth-order valence-corrected chi connectivity index (χ4v) is 4.26. The molecule has 6 atom stereocenters. The molecule has 3 aliphatic rings. The Hall–Kier alpha value is -0.650. The Balaban J connectivity index is 1.76. The van der Waals surface area contributed by atoms with Crippen LogP contribution in [0.15, 0.2) is 0 Å². The number of fused-ring (bicyclic) bond motifs is 4. The van der Waals surface area contributed by atoms with Crippen LogP contribution in [0.5, 0.6) is 0 Å². The third-order valence-corrected chi connectivity index (χ3v) is 5.67. The Bertz CT molecular complexity index is 375. The molecule has 2 saturated heterocycles. The normalized spacial score (nSPS) is 45.1. The zero-order valence-electron chi connectivity index (χ0n) is 13.1. The molecule has 5 N–H and O–H groups in total. The van der Waals surface area contributed by atoms with Gasteiger partial charge in [0.1, 0.15) is 0 Å². The second-order valence-electron chi connectivity index (χ2n) is 7.22. The van der Waals surface area contributed by atoms with Crippen molar-refractivity contribution in [3.05, 3.63) is 0 Å². The molecule has 2 bridgehead atoms. The van der Waals surface area contributed by atoms with Crippen molar-refractivity contribution in [3.63, 3.8) is 0 Å². The largest absolute Gasteiger partial charge is 0.353 e. The summed E-state index contributed by atoms with van der Waals surface area (Å²) in [6.07, 6.45) is 8.02. The summed E-state index contributed by atoms with van der Waals surface area (Å²) in [6, 6.07) is 0.926. The lowest BCUT2D eigenvalue weighted by molar-refractivity contribution is -0.126. The Kier molecular flexibility index (Phi) is 4.82. The first-order valence-electron chi connectivity index (χ1n) is 8.70. The molecule has 0 spiro atoms. The average molecular weight is 294 g/mol. The lowest BCUT2D eigenvalue weighted by Crippen LogP contribution is -2.54. The van der Waals surface area contributed by atoms with Gasteiger partial charge in [-0.1, -0.05) is 26.2 Å². The summed E-state index contributed by atoms with van der Waals surface area (Å²) in [5.41, 5.74) is 6.32. The zero-order valence-corrected chi connectivity index (χ0v) is 13.1. The molecule has 1 saturated carbocycles.